The smallest absolute Gasteiger partial charge is 0.0772 e. The van der Waals surface area contributed by atoms with Crippen molar-refractivity contribution in [2.75, 3.05) is 11.4 Å². The molecule has 1 aliphatic heterocycles. The standard InChI is InChI=1S/C17H24BrNO/c1-12(20)15-9-8-14(11-16(15)18)19-10-4-7-17(19)13-5-2-3-6-13/h8-9,11-13,17,20H,2-7,10H2,1H3/t12-,17?/m1/s1. The first kappa shape index (κ1) is 14.4. The van der Waals surface area contributed by atoms with Gasteiger partial charge in [-0.25, -0.2) is 0 Å². The van der Waals surface area contributed by atoms with E-state index in [-0.39, 0.29) is 0 Å². The van der Waals surface area contributed by atoms with E-state index in [1.54, 1.807) is 0 Å². The van der Waals surface area contributed by atoms with Crippen molar-refractivity contribution in [1.29, 1.82) is 0 Å². The van der Waals surface area contributed by atoms with E-state index in [4.69, 9.17) is 0 Å². The summed E-state index contributed by atoms with van der Waals surface area (Å²) < 4.78 is 1.03. The Balaban J connectivity index is 1.82. The van der Waals surface area contributed by atoms with E-state index >= 15 is 0 Å². The largest absolute Gasteiger partial charge is 0.389 e. The van der Waals surface area contributed by atoms with Crippen molar-refractivity contribution < 1.29 is 5.11 Å². The highest BCUT2D eigenvalue weighted by atomic mass is 79.9. The Morgan fingerprint density at radius 2 is 1.95 bits per heavy atom. The van der Waals surface area contributed by atoms with E-state index in [0.29, 0.717) is 0 Å². The highest BCUT2D eigenvalue weighted by Gasteiger charge is 2.33. The molecule has 1 N–H and O–H groups in total. The molecule has 0 spiro atoms. The molecule has 1 saturated heterocycles. The molecule has 0 amide bonds. The summed E-state index contributed by atoms with van der Waals surface area (Å²) in [6.07, 6.45) is 7.90. The lowest BCUT2D eigenvalue weighted by atomic mass is 9.95. The summed E-state index contributed by atoms with van der Waals surface area (Å²) in [5, 5.41) is 9.74. The molecule has 3 heteroatoms. The van der Waals surface area contributed by atoms with Crippen molar-refractivity contribution in [3.05, 3.63) is 28.2 Å². The third-order valence-corrected chi connectivity index (χ3v) is 5.70. The van der Waals surface area contributed by atoms with Gasteiger partial charge in [0.15, 0.2) is 0 Å². The number of nitrogens with zero attached hydrogens (tertiary/aromatic N) is 1. The average Bonchev–Trinajstić information content (AvgIpc) is 3.09. The molecular weight excluding hydrogens is 314 g/mol. The van der Waals surface area contributed by atoms with Crippen LogP contribution < -0.4 is 4.90 Å². The number of benzene rings is 1. The van der Waals surface area contributed by atoms with Gasteiger partial charge >= 0.3 is 0 Å². The second-order valence-electron chi connectivity index (χ2n) is 6.33. The average molecular weight is 338 g/mol. The van der Waals surface area contributed by atoms with Crippen LogP contribution in [0.15, 0.2) is 22.7 Å². The van der Waals surface area contributed by atoms with Crippen molar-refractivity contribution in [3.63, 3.8) is 0 Å². The second-order valence-corrected chi connectivity index (χ2v) is 7.18. The maximum Gasteiger partial charge on any atom is 0.0772 e. The maximum atomic E-state index is 9.74. The molecule has 1 aromatic carbocycles. The number of halogens is 1. The molecule has 1 saturated carbocycles. The second kappa shape index (κ2) is 6.07. The van der Waals surface area contributed by atoms with Gasteiger partial charge in [-0.3, -0.25) is 0 Å². The molecule has 110 valence electrons. The Bertz CT molecular complexity index is 468. The SMILES string of the molecule is C[C@@H](O)c1ccc(N2CCCC2C2CCCC2)cc1Br. The number of hydrogen-bond donors (Lipinski definition) is 1. The monoisotopic (exact) mass is 337 g/mol. The quantitative estimate of drug-likeness (QED) is 0.866. The molecule has 1 aliphatic carbocycles. The van der Waals surface area contributed by atoms with Gasteiger partial charge in [0.05, 0.1) is 6.10 Å². The fourth-order valence-corrected chi connectivity index (χ4v) is 4.68. The summed E-state index contributed by atoms with van der Waals surface area (Å²) >= 11 is 3.61. The zero-order valence-corrected chi connectivity index (χ0v) is 13.8. The zero-order valence-electron chi connectivity index (χ0n) is 12.2. The topological polar surface area (TPSA) is 23.5 Å². The van der Waals surface area contributed by atoms with Gasteiger partial charge in [0.25, 0.3) is 0 Å². The minimum Gasteiger partial charge on any atom is -0.389 e. The molecular formula is C17H24BrNO. The Morgan fingerprint density at radius 3 is 2.60 bits per heavy atom. The van der Waals surface area contributed by atoms with Crippen molar-refractivity contribution in [2.45, 2.75) is 57.6 Å². The van der Waals surface area contributed by atoms with E-state index in [2.05, 4.69) is 39.0 Å². The normalized spacial score (nSPS) is 25.4. The number of aliphatic hydroxyl groups is 1. The van der Waals surface area contributed by atoms with Crippen molar-refractivity contribution in [1.82, 2.24) is 0 Å². The zero-order chi connectivity index (χ0) is 14.1. The first-order valence-corrected chi connectivity index (χ1v) is 8.70. The third kappa shape index (κ3) is 2.75. The van der Waals surface area contributed by atoms with Crippen LogP contribution in [0.3, 0.4) is 0 Å². The van der Waals surface area contributed by atoms with Crippen molar-refractivity contribution >= 4 is 21.6 Å². The third-order valence-electron chi connectivity index (χ3n) is 5.01. The molecule has 3 rings (SSSR count). The Morgan fingerprint density at radius 1 is 1.20 bits per heavy atom. The summed E-state index contributed by atoms with van der Waals surface area (Å²) in [5.74, 6) is 0.896. The number of anilines is 1. The molecule has 0 radical (unpaired) electrons. The van der Waals surface area contributed by atoms with Gasteiger partial charge in [0.1, 0.15) is 0 Å². The fraction of sp³-hybridized carbons (Fsp3) is 0.647. The van der Waals surface area contributed by atoms with Gasteiger partial charge < -0.3 is 10.0 Å². The van der Waals surface area contributed by atoms with Crippen LogP contribution >= 0.6 is 15.9 Å². The predicted octanol–water partition coefficient (Wildman–Crippen LogP) is 4.66. The van der Waals surface area contributed by atoms with Gasteiger partial charge in [-0.1, -0.05) is 34.8 Å². The molecule has 1 unspecified atom stereocenters. The van der Waals surface area contributed by atoms with E-state index in [9.17, 15) is 5.11 Å². The van der Waals surface area contributed by atoms with Crippen LogP contribution in [0.2, 0.25) is 0 Å². The molecule has 0 aromatic heterocycles. The summed E-state index contributed by atoms with van der Waals surface area (Å²) in [5.41, 5.74) is 2.29. The van der Waals surface area contributed by atoms with E-state index in [1.807, 2.05) is 6.92 Å². The minimum absolute atomic E-state index is 0.414. The van der Waals surface area contributed by atoms with Gasteiger partial charge in [-0.15, -0.1) is 0 Å². The molecule has 2 atom stereocenters. The highest BCUT2D eigenvalue weighted by molar-refractivity contribution is 9.10. The number of rotatable bonds is 3. The van der Waals surface area contributed by atoms with Crippen LogP contribution in [-0.2, 0) is 0 Å². The lowest BCUT2D eigenvalue weighted by Crippen LogP contribution is -2.34. The summed E-state index contributed by atoms with van der Waals surface area (Å²) in [7, 11) is 0. The van der Waals surface area contributed by atoms with E-state index in [1.165, 1.54) is 50.8 Å². The summed E-state index contributed by atoms with van der Waals surface area (Å²) in [4.78, 5) is 2.60. The molecule has 2 fully saturated rings. The maximum absolute atomic E-state index is 9.74. The lowest BCUT2D eigenvalue weighted by molar-refractivity contribution is 0.198. The van der Waals surface area contributed by atoms with Crippen LogP contribution in [0.25, 0.3) is 0 Å². The van der Waals surface area contributed by atoms with Crippen LogP contribution in [0.1, 0.15) is 57.1 Å². The van der Waals surface area contributed by atoms with Crippen LogP contribution in [0.5, 0.6) is 0 Å². The fourth-order valence-electron chi connectivity index (χ4n) is 3.98. The highest BCUT2D eigenvalue weighted by Crippen LogP contribution is 2.39. The van der Waals surface area contributed by atoms with Crippen LogP contribution in [0.4, 0.5) is 5.69 Å². The Kier molecular flexibility index (Phi) is 4.37. The molecule has 20 heavy (non-hydrogen) atoms. The molecule has 2 aliphatic rings. The molecule has 1 heterocycles. The van der Waals surface area contributed by atoms with Crippen LogP contribution in [-0.4, -0.2) is 17.7 Å². The Hall–Kier alpha value is -0.540. The van der Waals surface area contributed by atoms with Gasteiger partial charge in [-0.05, 0) is 56.2 Å². The van der Waals surface area contributed by atoms with Gasteiger partial charge in [0.2, 0.25) is 0 Å². The van der Waals surface area contributed by atoms with Crippen LogP contribution in [0, 0.1) is 5.92 Å². The predicted molar refractivity (Wildman–Crippen MR) is 87.1 cm³/mol. The number of aliphatic hydroxyl groups excluding tert-OH is 1. The lowest BCUT2D eigenvalue weighted by Gasteiger charge is -2.31. The van der Waals surface area contributed by atoms with Crippen molar-refractivity contribution in [2.24, 2.45) is 5.92 Å². The Labute approximate surface area is 130 Å². The first-order chi connectivity index (χ1) is 9.66. The van der Waals surface area contributed by atoms with Gasteiger partial charge in [0, 0.05) is 22.7 Å². The number of hydrogen-bond acceptors (Lipinski definition) is 2. The van der Waals surface area contributed by atoms with E-state index in [0.717, 1.165) is 22.0 Å². The van der Waals surface area contributed by atoms with Crippen molar-refractivity contribution in [3.8, 4) is 0 Å². The molecule has 1 aromatic rings. The summed E-state index contributed by atoms with van der Waals surface area (Å²) in [6.45, 7) is 3.00. The molecule has 0 bridgehead atoms. The molecule has 2 nitrogen and oxygen atoms in total. The first-order valence-electron chi connectivity index (χ1n) is 7.91. The minimum atomic E-state index is -0.414. The van der Waals surface area contributed by atoms with E-state index < -0.39 is 6.10 Å². The summed E-state index contributed by atoms with van der Waals surface area (Å²) in [6, 6.07) is 7.17. The van der Waals surface area contributed by atoms with Gasteiger partial charge in [-0.2, -0.15) is 0 Å².